The third-order valence-electron chi connectivity index (χ3n) is 10.3. The van der Waals surface area contributed by atoms with Gasteiger partial charge in [-0.3, -0.25) is 0 Å². The maximum atomic E-state index is 2.43. The fourth-order valence-electron chi connectivity index (χ4n) is 7.76. The highest BCUT2D eigenvalue weighted by atomic mass is 14.5. The number of aryl methyl sites for hydroxylation is 5. The Labute approximate surface area is 299 Å². The summed E-state index contributed by atoms with van der Waals surface area (Å²) in [6.45, 7) is 10.5. The van der Waals surface area contributed by atoms with Gasteiger partial charge in [0.1, 0.15) is 0 Å². The van der Waals surface area contributed by atoms with Crippen molar-refractivity contribution >= 4 is 11.6 Å². The van der Waals surface area contributed by atoms with Gasteiger partial charge in [0.05, 0.1) is 5.41 Å². The standard InChI is InChI=1S/C34H26.2C8H10/c1-23-18-20-24(21-19-23)29-22-25-10-2-6-14-30(25)34(33-17-9-5-13-28(29)33)31-15-7-3-11-26(31)27-12-4-8-16-32(27)34;2*1-7-3-5-8(2)6-4-7/h2-8,10-16,18-22H,9,17H2,1H3;2*3-6H,1-2H3. The molecule has 0 saturated carbocycles. The molecule has 0 saturated heterocycles. The van der Waals surface area contributed by atoms with Crippen molar-refractivity contribution in [1.82, 2.24) is 0 Å². The molecule has 0 radical (unpaired) electrons. The minimum absolute atomic E-state index is 0.271. The average molecular weight is 647 g/mol. The zero-order chi connectivity index (χ0) is 34.7. The van der Waals surface area contributed by atoms with Crippen molar-refractivity contribution in [3.63, 3.8) is 0 Å². The molecule has 3 aliphatic carbocycles. The predicted molar refractivity (Wildman–Crippen MR) is 214 cm³/mol. The Kier molecular flexibility index (Phi) is 9.38. The van der Waals surface area contributed by atoms with Gasteiger partial charge in [0, 0.05) is 0 Å². The van der Waals surface area contributed by atoms with Gasteiger partial charge in [-0.2, -0.15) is 0 Å². The van der Waals surface area contributed by atoms with Crippen molar-refractivity contribution in [2.45, 2.75) is 52.9 Å². The summed E-state index contributed by atoms with van der Waals surface area (Å²) in [5.41, 5.74) is 20.2. The second kappa shape index (κ2) is 14.2. The lowest BCUT2D eigenvalue weighted by molar-refractivity contribution is 0.688. The molecule has 0 N–H and O–H groups in total. The van der Waals surface area contributed by atoms with E-state index in [4.69, 9.17) is 0 Å². The topological polar surface area (TPSA) is 0 Å². The molecule has 0 unspecified atom stereocenters. The molecular weight excluding hydrogens is 601 g/mol. The van der Waals surface area contributed by atoms with E-state index in [9.17, 15) is 0 Å². The van der Waals surface area contributed by atoms with E-state index >= 15 is 0 Å². The van der Waals surface area contributed by atoms with Crippen LogP contribution in [0.2, 0.25) is 0 Å². The summed E-state index contributed by atoms with van der Waals surface area (Å²) in [4.78, 5) is 0. The molecule has 0 heteroatoms. The second-order valence-corrected chi connectivity index (χ2v) is 14.0. The third-order valence-corrected chi connectivity index (χ3v) is 10.3. The number of fused-ring (bicyclic) bond motifs is 8. The van der Waals surface area contributed by atoms with Crippen molar-refractivity contribution in [2.75, 3.05) is 0 Å². The number of hydrogen-bond acceptors (Lipinski definition) is 0. The molecule has 6 aromatic carbocycles. The summed E-state index contributed by atoms with van der Waals surface area (Å²) < 4.78 is 0. The van der Waals surface area contributed by atoms with E-state index in [1.807, 2.05) is 0 Å². The van der Waals surface area contributed by atoms with Crippen molar-refractivity contribution in [1.29, 1.82) is 0 Å². The SMILES string of the molecule is Cc1ccc(C)cc1.Cc1ccc(C)cc1.Cc1ccc(C2=Cc3ccccc3C3(C4=C2C=CCC4)c2ccccc2-c2ccccc23)cc1. The van der Waals surface area contributed by atoms with Crippen LogP contribution in [0.4, 0.5) is 0 Å². The average Bonchev–Trinajstić information content (AvgIpc) is 3.37. The first-order valence-electron chi connectivity index (χ1n) is 17.9. The van der Waals surface area contributed by atoms with Gasteiger partial charge in [-0.05, 0) is 109 Å². The number of rotatable bonds is 1. The van der Waals surface area contributed by atoms with Crippen LogP contribution in [0.3, 0.4) is 0 Å². The molecule has 3 aliphatic rings. The van der Waals surface area contributed by atoms with Crippen LogP contribution in [-0.4, -0.2) is 0 Å². The molecule has 0 aliphatic heterocycles. The number of benzene rings is 6. The third kappa shape index (κ3) is 6.23. The largest absolute Gasteiger partial charge is 0.0836 e. The molecule has 0 aromatic heterocycles. The molecule has 9 rings (SSSR count). The Hall–Kier alpha value is -5.46. The van der Waals surface area contributed by atoms with E-state index < -0.39 is 0 Å². The first-order chi connectivity index (χ1) is 24.4. The van der Waals surface area contributed by atoms with Crippen LogP contribution in [0.15, 0.2) is 169 Å². The van der Waals surface area contributed by atoms with Gasteiger partial charge in [0.2, 0.25) is 0 Å². The Morgan fingerprint density at radius 2 is 0.860 bits per heavy atom. The molecule has 0 nitrogen and oxygen atoms in total. The lowest BCUT2D eigenvalue weighted by Crippen LogP contribution is -2.31. The Morgan fingerprint density at radius 3 is 1.36 bits per heavy atom. The normalized spacial score (nSPS) is 14.5. The Balaban J connectivity index is 0.000000202. The highest BCUT2D eigenvalue weighted by Gasteiger charge is 2.49. The zero-order valence-electron chi connectivity index (χ0n) is 30.0. The van der Waals surface area contributed by atoms with Crippen molar-refractivity contribution in [2.24, 2.45) is 0 Å². The summed E-state index contributed by atoms with van der Waals surface area (Å²) in [6, 6.07) is 53.2. The van der Waals surface area contributed by atoms with Gasteiger partial charge in [-0.1, -0.05) is 186 Å². The van der Waals surface area contributed by atoms with Crippen LogP contribution >= 0.6 is 0 Å². The molecule has 6 aromatic rings. The first-order valence-corrected chi connectivity index (χ1v) is 17.9. The molecule has 1 spiro atoms. The van der Waals surface area contributed by atoms with Crippen LogP contribution in [-0.2, 0) is 5.41 Å². The molecule has 0 bridgehead atoms. The minimum Gasteiger partial charge on any atom is -0.0836 e. The predicted octanol–water partition coefficient (Wildman–Crippen LogP) is 13.1. The van der Waals surface area contributed by atoms with E-state index in [1.54, 1.807) is 0 Å². The van der Waals surface area contributed by atoms with Crippen LogP contribution in [0.1, 0.15) is 68.5 Å². The Bertz CT molecular complexity index is 2090. The van der Waals surface area contributed by atoms with Gasteiger partial charge >= 0.3 is 0 Å². The molecule has 0 heterocycles. The van der Waals surface area contributed by atoms with Crippen LogP contribution < -0.4 is 0 Å². The fraction of sp³-hybridized carbons (Fsp3) is 0.160. The fourth-order valence-corrected chi connectivity index (χ4v) is 7.76. The summed E-state index contributed by atoms with van der Waals surface area (Å²) in [5.74, 6) is 0. The van der Waals surface area contributed by atoms with Gasteiger partial charge in [0.15, 0.2) is 0 Å². The maximum Gasteiger partial charge on any atom is 0.0688 e. The number of allylic oxidation sites excluding steroid dienone is 5. The van der Waals surface area contributed by atoms with Gasteiger partial charge in [-0.25, -0.2) is 0 Å². The van der Waals surface area contributed by atoms with E-state index in [-0.39, 0.29) is 5.41 Å². The molecule has 0 fully saturated rings. The smallest absolute Gasteiger partial charge is 0.0688 e. The van der Waals surface area contributed by atoms with Crippen LogP contribution in [0.5, 0.6) is 0 Å². The van der Waals surface area contributed by atoms with Crippen molar-refractivity contribution in [3.05, 3.63) is 225 Å². The summed E-state index contributed by atoms with van der Waals surface area (Å²) in [5, 5.41) is 0. The number of hydrogen-bond donors (Lipinski definition) is 0. The lowest BCUT2D eigenvalue weighted by atomic mass is 9.63. The van der Waals surface area contributed by atoms with Crippen LogP contribution in [0.25, 0.3) is 22.8 Å². The van der Waals surface area contributed by atoms with Crippen LogP contribution in [0, 0.1) is 34.6 Å². The highest BCUT2D eigenvalue weighted by Crippen LogP contribution is 2.60. The molecular formula is C50H46. The van der Waals surface area contributed by atoms with Gasteiger partial charge in [0.25, 0.3) is 0 Å². The first kappa shape index (κ1) is 33.1. The molecule has 246 valence electrons. The van der Waals surface area contributed by atoms with E-state index in [0.717, 1.165) is 12.8 Å². The summed E-state index contributed by atoms with van der Waals surface area (Å²) >= 11 is 0. The molecule has 50 heavy (non-hydrogen) atoms. The van der Waals surface area contributed by atoms with E-state index in [0.29, 0.717) is 0 Å². The Morgan fingerprint density at radius 1 is 0.440 bits per heavy atom. The maximum absolute atomic E-state index is 2.43. The lowest BCUT2D eigenvalue weighted by Gasteiger charge is -2.38. The zero-order valence-corrected chi connectivity index (χ0v) is 30.0. The van der Waals surface area contributed by atoms with E-state index in [2.05, 4.69) is 198 Å². The molecule has 0 amide bonds. The summed E-state index contributed by atoms with van der Waals surface area (Å²) in [6.07, 6.45) is 9.32. The van der Waals surface area contributed by atoms with Gasteiger partial charge < -0.3 is 0 Å². The monoisotopic (exact) mass is 646 g/mol. The summed E-state index contributed by atoms with van der Waals surface area (Å²) in [7, 11) is 0. The minimum atomic E-state index is -0.271. The molecule has 0 atom stereocenters. The highest BCUT2D eigenvalue weighted by molar-refractivity contribution is 5.99. The van der Waals surface area contributed by atoms with Crippen molar-refractivity contribution in [3.8, 4) is 11.1 Å². The second-order valence-electron chi connectivity index (χ2n) is 14.0. The van der Waals surface area contributed by atoms with Gasteiger partial charge in [-0.15, -0.1) is 0 Å². The van der Waals surface area contributed by atoms with Crippen molar-refractivity contribution < 1.29 is 0 Å². The van der Waals surface area contributed by atoms with E-state index in [1.165, 1.54) is 83.5 Å². The quantitative estimate of drug-likeness (QED) is 0.167.